The fourth-order valence-electron chi connectivity index (χ4n) is 9.92. The number of ether oxygens (including phenoxy) is 3. The molecule has 2 aromatic heterocycles. The van der Waals surface area contributed by atoms with Crippen molar-refractivity contribution in [1.29, 1.82) is 0 Å². The summed E-state index contributed by atoms with van der Waals surface area (Å²) in [6.07, 6.45) is 33.7. The highest BCUT2D eigenvalue weighted by Crippen LogP contribution is 2.41. The van der Waals surface area contributed by atoms with Crippen LogP contribution in [-0.2, 0) is 52.1 Å². The van der Waals surface area contributed by atoms with Gasteiger partial charge in [0.15, 0.2) is 0 Å². The average molecular weight is 952 g/mol. The maximum atomic E-state index is 14.0. The predicted octanol–water partition coefficient (Wildman–Crippen LogP) is 13.6. The Bertz CT molecular complexity index is 2180. The largest absolute Gasteiger partial charge is 0.457 e. The fourth-order valence-corrected chi connectivity index (χ4v) is 9.92. The number of amides is 1. The number of nitrogens with one attached hydrogen (secondary N) is 1. The number of carbonyl (C=O) groups excluding carboxylic acids is 4. The van der Waals surface area contributed by atoms with Crippen molar-refractivity contribution in [2.75, 3.05) is 0 Å². The number of carbonyl (C=O) groups is 4. The van der Waals surface area contributed by atoms with Gasteiger partial charge < -0.3 is 24.1 Å². The molecule has 0 saturated heterocycles. The lowest BCUT2D eigenvalue weighted by Crippen LogP contribution is -2.47. The van der Waals surface area contributed by atoms with Crippen LogP contribution < -0.4 is 10.9 Å². The Labute approximate surface area is 413 Å². The Balaban J connectivity index is 1.13. The minimum absolute atomic E-state index is 0.0123. The van der Waals surface area contributed by atoms with E-state index in [9.17, 15) is 24.0 Å². The second kappa shape index (κ2) is 30.1. The van der Waals surface area contributed by atoms with Crippen molar-refractivity contribution in [3.8, 4) is 11.4 Å². The Morgan fingerprint density at radius 1 is 0.739 bits per heavy atom. The van der Waals surface area contributed by atoms with Gasteiger partial charge in [-0.15, -0.1) is 0 Å². The molecule has 11 nitrogen and oxygen atoms in total. The molecule has 1 N–H and O–H groups in total. The zero-order valence-corrected chi connectivity index (χ0v) is 42.9. The zero-order chi connectivity index (χ0) is 49.3. The van der Waals surface area contributed by atoms with Gasteiger partial charge in [0.05, 0.1) is 47.9 Å². The summed E-state index contributed by atoms with van der Waals surface area (Å²) in [6, 6.07) is 11.0. The first-order valence-electron chi connectivity index (χ1n) is 27.3. The van der Waals surface area contributed by atoms with Crippen molar-refractivity contribution >= 4 is 34.7 Å². The maximum absolute atomic E-state index is 14.0. The van der Waals surface area contributed by atoms with Crippen LogP contribution in [0.2, 0.25) is 0 Å². The number of para-hydroxylation sites is 1. The number of nitrogens with zero attached hydrogens (tertiary/aromatic N) is 2. The van der Waals surface area contributed by atoms with Gasteiger partial charge in [0.2, 0.25) is 11.5 Å². The molecular weight excluding hydrogens is 867 g/mol. The molecule has 3 atom stereocenters. The predicted molar refractivity (Wildman–Crippen MR) is 276 cm³/mol. The number of aromatic nitrogens is 2. The summed E-state index contributed by atoms with van der Waals surface area (Å²) in [6.45, 7) is 8.12. The van der Waals surface area contributed by atoms with Gasteiger partial charge in [-0.1, -0.05) is 186 Å². The zero-order valence-electron chi connectivity index (χ0n) is 42.9. The van der Waals surface area contributed by atoms with E-state index in [2.05, 4.69) is 19.2 Å². The van der Waals surface area contributed by atoms with E-state index in [0.29, 0.717) is 24.4 Å². The summed E-state index contributed by atoms with van der Waals surface area (Å²) in [4.78, 5) is 72.7. The second-order valence-electron chi connectivity index (χ2n) is 19.8. The Morgan fingerprint density at radius 2 is 1.30 bits per heavy atom. The quantitative estimate of drug-likeness (QED) is 0.0206. The SMILES string of the molecule is CCCCCCCCCCCCC/C=C/[C@@H](OC(=O)CCC(=O)O[C@]1(CC)C(=O)OCc2c1cc1n(c2=O)Cc2cc3ccccc3nc2-1)[C@H](C)NC(=O)CCCCCCCCCCCCCCC. The Morgan fingerprint density at radius 3 is 1.91 bits per heavy atom. The first kappa shape index (κ1) is 55.1. The number of hydrogen-bond donors (Lipinski definition) is 1. The van der Waals surface area contributed by atoms with Crippen molar-refractivity contribution in [1.82, 2.24) is 14.9 Å². The normalized spacial score (nSPS) is 15.9. The number of cyclic esters (lactones) is 1. The molecule has 1 amide bonds. The number of rotatable bonds is 35. The van der Waals surface area contributed by atoms with Gasteiger partial charge >= 0.3 is 17.9 Å². The molecule has 0 aliphatic carbocycles. The summed E-state index contributed by atoms with van der Waals surface area (Å²) in [7, 11) is 0. The van der Waals surface area contributed by atoms with E-state index < -0.39 is 35.7 Å². The first-order valence-corrected chi connectivity index (χ1v) is 27.3. The van der Waals surface area contributed by atoms with Crippen LogP contribution in [-0.4, -0.2) is 45.5 Å². The molecule has 0 fully saturated rings. The molecule has 4 heterocycles. The Hall–Kier alpha value is -4.80. The molecule has 2 aliphatic heterocycles. The van der Waals surface area contributed by atoms with E-state index in [0.717, 1.165) is 55.0 Å². The van der Waals surface area contributed by atoms with Crippen molar-refractivity contribution < 1.29 is 33.4 Å². The minimum atomic E-state index is -1.88. The average Bonchev–Trinajstić information content (AvgIpc) is 3.71. The monoisotopic (exact) mass is 952 g/mol. The molecule has 5 rings (SSSR count). The third kappa shape index (κ3) is 16.9. The standard InChI is InChI=1S/C58H85N3O8/c1-5-8-10-12-14-16-18-20-22-24-26-28-30-36-51(44(4)59-52(62)37-31-29-27-25-23-21-19-17-15-13-11-9-6-2)68-53(63)38-39-54(64)69-58(7-3)48-41-50-55-46(40-45-34-32-33-35-49(45)60-55)42-61(50)56(65)47(48)43-67-57(58)66/h30,32-36,40-41,44,51H,5-29,31,37-39,42-43H2,1-4H3,(H,59,62)/b36-30+/t44-,51+,58-/m0/s1. The van der Waals surface area contributed by atoms with Crippen LogP contribution in [0.3, 0.4) is 0 Å². The number of benzene rings is 1. The number of unbranched alkanes of at least 4 members (excludes halogenated alkanes) is 23. The lowest BCUT2D eigenvalue weighted by atomic mass is 9.85. The van der Waals surface area contributed by atoms with Gasteiger partial charge in [-0.25, -0.2) is 9.78 Å². The number of hydrogen-bond acceptors (Lipinski definition) is 9. The van der Waals surface area contributed by atoms with Crippen molar-refractivity contribution in [3.05, 3.63) is 75.6 Å². The highest BCUT2D eigenvalue weighted by atomic mass is 16.6. The van der Waals surface area contributed by atoms with Crippen LogP contribution in [0.4, 0.5) is 0 Å². The molecule has 1 aromatic carbocycles. The smallest absolute Gasteiger partial charge is 0.355 e. The van der Waals surface area contributed by atoms with E-state index >= 15 is 0 Å². The van der Waals surface area contributed by atoms with Gasteiger partial charge in [0, 0.05) is 22.9 Å². The van der Waals surface area contributed by atoms with Gasteiger partial charge in [-0.05, 0) is 56.9 Å². The lowest BCUT2D eigenvalue weighted by Gasteiger charge is -2.35. The molecule has 2 aliphatic rings. The van der Waals surface area contributed by atoms with E-state index in [1.807, 2.05) is 49.4 Å². The second-order valence-corrected chi connectivity index (χ2v) is 19.8. The molecule has 0 saturated carbocycles. The van der Waals surface area contributed by atoms with Crippen molar-refractivity contribution in [2.45, 2.75) is 245 Å². The maximum Gasteiger partial charge on any atom is 0.355 e. The number of esters is 3. The first-order chi connectivity index (χ1) is 33.6. The Kier molecular flexibility index (Phi) is 24.0. The summed E-state index contributed by atoms with van der Waals surface area (Å²) < 4.78 is 19.1. The summed E-state index contributed by atoms with van der Waals surface area (Å²) >= 11 is 0. The summed E-state index contributed by atoms with van der Waals surface area (Å²) in [5.41, 5.74) is 1.15. The number of pyridine rings is 2. The van der Waals surface area contributed by atoms with Gasteiger partial charge in [0.25, 0.3) is 5.56 Å². The van der Waals surface area contributed by atoms with Gasteiger partial charge in [0.1, 0.15) is 12.7 Å². The van der Waals surface area contributed by atoms with Crippen LogP contribution >= 0.6 is 0 Å². The van der Waals surface area contributed by atoms with Crippen LogP contribution in [0.5, 0.6) is 0 Å². The number of allylic oxidation sites excluding steroid dienone is 1. The van der Waals surface area contributed by atoms with E-state index in [1.165, 1.54) is 122 Å². The van der Waals surface area contributed by atoms with Crippen LogP contribution in [0.15, 0.2) is 53.3 Å². The van der Waals surface area contributed by atoms with Crippen LogP contribution in [0.1, 0.15) is 231 Å². The van der Waals surface area contributed by atoms with E-state index in [1.54, 1.807) is 17.6 Å². The topological polar surface area (TPSA) is 143 Å². The molecular formula is C58H85N3O8. The fraction of sp³-hybridized carbons (Fsp3) is 0.655. The molecule has 11 heteroatoms. The molecule has 0 spiro atoms. The van der Waals surface area contributed by atoms with Crippen molar-refractivity contribution in [3.63, 3.8) is 0 Å². The third-order valence-electron chi connectivity index (χ3n) is 14.2. The molecule has 380 valence electrons. The highest BCUT2D eigenvalue weighted by Gasteiger charge is 2.50. The third-order valence-corrected chi connectivity index (χ3v) is 14.2. The molecule has 3 aromatic rings. The minimum Gasteiger partial charge on any atom is -0.457 e. The van der Waals surface area contributed by atoms with Crippen LogP contribution in [0.25, 0.3) is 22.3 Å². The van der Waals surface area contributed by atoms with Gasteiger partial charge in [-0.3, -0.25) is 19.2 Å². The summed E-state index contributed by atoms with van der Waals surface area (Å²) in [5, 5.41) is 4.02. The number of fused-ring (bicyclic) bond motifs is 5. The molecule has 0 bridgehead atoms. The van der Waals surface area contributed by atoms with Crippen molar-refractivity contribution in [2.24, 2.45) is 0 Å². The molecule has 69 heavy (non-hydrogen) atoms. The molecule has 0 radical (unpaired) electrons. The summed E-state index contributed by atoms with van der Waals surface area (Å²) in [5.74, 6) is -2.27. The lowest BCUT2D eigenvalue weighted by molar-refractivity contribution is -0.189. The van der Waals surface area contributed by atoms with E-state index in [4.69, 9.17) is 19.2 Å². The van der Waals surface area contributed by atoms with Crippen LogP contribution in [0, 0.1) is 0 Å². The van der Waals surface area contributed by atoms with Gasteiger partial charge in [-0.2, -0.15) is 0 Å². The van der Waals surface area contributed by atoms with E-state index in [-0.39, 0.29) is 48.5 Å². The highest BCUT2D eigenvalue weighted by molar-refractivity contribution is 5.89. The molecule has 0 unspecified atom stereocenters.